The lowest BCUT2D eigenvalue weighted by Crippen LogP contribution is -2.31. The van der Waals surface area contributed by atoms with E-state index in [1.165, 1.54) is 12.1 Å². The van der Waals surface area contributed by atoms with Gasteiger partial charge in [0.1, 0.15) is 0 Å². The summed E-state index contributed by atoms with van der Waals surface area (Å²) in [5, 5.41) is 3.20. The Hall–Kier alpha value is -1.29. The average Bonchev–Trinajstić information content (AvgIpc) is 2.34. The maximum Gasteiger partial charge on any atom is 0.169 e. The predicted molar refractivity (Wildman–Crippen MR) is 60.9 cm³/mol. The second kappa shape index (κ2) is 5.36. The summed E-state index contributed by atoms with van der Waals surface area (Å²) in [5.41, 5.74) is -0.129. The van der Waals surface area contributed by atoms with Gasteiger partial charge in [-0.2, -0.15) is 0 Å². The Balaban J connectivity index is 2.06. The molecule has 92 valence electrons. The molecule has 2 rings (SSSR count). The van der Waals surface area contributed by atoms with Crippen LogP contribution in [-0.2, 0) is 0 Å². The minimum atomic E-state index is -1.03. The third-order valence-corrected chi connectivity index (χ3v) is 3.13. The molecule has 0 saturated carbocycles. The largest absolute Gasteiger partial charge is 0.316 e. The van der Waals surface area contributed by atoms with Crippen LogP contribution in [-0.4, -0.2) is 18.9 Å². The van der Waals surface area contributed by atoms with Crippen LogP contribution in [0.1, 0.15) is 29.6 Å². The van der Waals surface area contributed by atoms with Crippen molar-refractivity contribution in [1.82, 2.24) is 5.32 Å². The van der Waals surface area contributed by atoms with Gasteiger partial charge in [0.05, 0.1) is 5.56 Å². The number of Topliss-reactive ketones (excluding diaryl/α,β-unsaturated/α-hetero) is 1. The number of hydrogen-bond donors (Lipinski definition) is 1. The van der Waals surface area contributed by atoms with E-state index in [2.05, 4.69) is 5.32 Å². The second-order valence-electron chi connectivity index (χ2n) is 4.44. The van der Waals surface area contributed by atoms with Crippen LogP contribution in [0.4, 0.5) is 8.78 Å². The molecule has 0 bridgehead atoms. The Kier molecular flexibility index (Phi) is 3.84. The van der Waals surface area contributed by atoms with Crippen LogP contribution in [0.3, 0.4) is 0 Å². The minimum absolute atomic E-state index is 0.129. The van der Waals surface area contributed by atoms with Gasteiger partial charge in [0.15, 0.2) is 17.4 Å². The number of nitrogens with one attached hydrogen (secondary N) is 1. The fourth-order valence-electron chi connectivity index (χ4n) is 2.19. The zero-order chi connectivity index (χ0) is 12.3. The topological polar surface area (TPSA) is 29.1 Å². The van der Waals surface area contributed by atoms with E-state index in [-0.39, 0.29) is 23.7 Å². The number of ketones is 1. The molecule has 1 fully saturated rings. The highest BCUT2D eigenvalue weighted by Gasteiger charge is 2.20. The summed E-state index contributed by atoms with van der Waals surface area (Å²) < 4.78 is 26.4. The van der Waals surface area contributed by atoms with Gasteiger partial charge in [-0.15, -0.1) is 0 Å². The van der Waals surface area contributed by atoms with Crippen LogP contribution in [0.5, 0.6) is 0 Å². The lowest BCUT2D eigenvalue weighted by molar-refractivity contribution is 0.0949. The van der Waals surface area contributed by atoms with E-state index in [4.69, 9.17) is 0 Å². The summed E-state index contributed by atoms with van der Waals surface area (Å²) in [6.07, 6.45) is 2.28. The van der Waals surface area contributed by atoms with Crippen LogP contribution in [0.2, 0.25) is 0 Å². The number of piperidine rings is 1. The Bertz CT molecular complexity index is 414. The monoisotopic (exact) mass is 239 g/mol. The van der Waals surface area contributed by atoms with Gasteiger partial charge < -0.3 is 5.32 Å². The standard InChI is InChI=1S/C13H15F2NO/c14-11-5-1-4-10(13(11)15)12(17)7-9-3-2-6-16-8-9/h1,4-5,9,16H,2-3,6-8H2. The lowest BCUT2D eigenvalue weighted by atomic mass is 9.92. The van der Waals surface area contributed by atoms with Gasteiger partial charge in [-0.3, -0.25) is 4.79 Å². The van der Waals surface area contributed by atoms with Crippen molar-refractivity contribution in [2.24, 2.45) is 5.92 Å². The summed E-state index contributed by atoms with van der Waals surface area (Å²) in [7, 11) is 0. The molecule has 0 radical (unpaired) electrons. The van der Waals surface area contributed by atoms with Crippen molar-refractivity contribution in [2.45, 2.75) is 19.3 Å². The smallest absolute Gasteiger partial charge is 0.169 e. The Labute approximate surface area is 99.0 Å². The summed E-state index contributed by atoms with van der Waals surface area (Å²) in [6, 6.07) is 3.73. The first-order valence-corrected chi connectivity index (χ1v) is 5.86. The summed E-state index contributed by atoms with van der Waals surface area (Å²) in [4.78, 5) is 11.9. The molecule has 1 atom stereocenters. The number of carbonyl (C=O) groups is 1. The first-order chi connectivity index (χ1) is 8.18. The van der Waals surface area contributed by atoms with Crippen molar-refractivity contribution >= 4 is 5.78 Å². The van der Waals surface area contributed by atoms with E-state index in [1.807, 2.05) is 0 Å². The van der Waals surface area contributed by atoms with Gasteiger partial charge in [0, 0.05) is 6.42 Å². The molecule has 1 aromatic carbocycles. The molecule has 17 heavy (non-hydrogen) atoms. The average molecular weight is 239 g/mol. The third kappa shape index (κ3) is 2.88. The fraction of sp³-hybridized carbons (Fsp3) is 0.462. The molecule has 1 saturated heterocycles. The first-order valence-electron chi connectivity index (χ1n) is 5.86. The maximum absolute atomic E-state index is 13.4. The highest BCUT2D eigenvalue weighted by molar-refractivity contribution is 5.96. The zero-order valence-corrected chi connectivity index (χ0v) is 9.51. The lowest BCUT2D eigenvalue weighted by Gasteiger charge is -2.21. The predicted octanol–water partition coefficient (Wildman–Crippen LogP) is 2.54. The van der Waals surface area contributed by atoms with Gasteiger partial charge in [-0.05, 0) is 44.0 Å². The van der Waals surface area contributed by atoms with E-state index >= 15 is 0 Å². The molecule has 1 aliphatic heterocycles. The van der Waals surface area contributed by atoms with Gasteiger partial charge in [0.25, 0.3) is 0 Å². The third-order valence-electron chi connectivity index (χ3n) is 3.13. The quantitative estimate of drug-likeness (QED) is 0.821. The van der Waals surface area contributed by atoms with Crippen LogP contribution >= 0.6 is 0 Å². The van der Waals surface area contributed by atoms with Crippen LogP contribution in [0, 0.1) is 17.6 Å². The summed E-state index contributed by atoms with van der Waals surface area (Å²) in [6.45, 7) is 1.75. The fourth-order valence-corrected chi connectivity index (χ4v) is 2.19. The van der Waals surface area contributed by atoms with Crippen LogP contribution < -0.4 is 5.32 Å². The normalized spacial score (nSPS) is 20.2. The molecule has 1 heterocycles. The molecular formula is C13H15F2NO. The number of hydrogen-bond acceptors (Lipinski definition) is 2. The molecule has 2 nitrogen and oxygen atoms in total. The Morgan fingerprint density at radius 1 is 1.41 bits per heavy atom. The van der Waals surface area contributed by atoms with E-state index in [0.717, 1.165) is 32.0 Å². The molecule has 1 aliphatic rings. The van der Waals surface area contributed by atoms with Crippen molar-refractivity contribution < 1.29 is 13.6 Å². The number of carbonyl (C=O) groups excluding carboxylic acids is 1. The molecule has 4 heteroatoms. The molecule has 1 N–H and O–H groups in total. The van der Waals surface area contributed by atoms with E-state index < -0.39 is 11.6 Å². The van der Waals surface area contributed by atoms with Gasteiger partial charge in [-0.25, -0.2) is 8.78 Å². The molecule has 1 unspecified atom stereocenters. The SMILES string of the molecule is O=C(CC1CCCNC1)c1cccc(F)c1F. The van der Waals surface area contributed by atoms with Gasteiger partial charge >= 0.3 is 0 Å². The highest BCUT2D eigenvalue weighted by atomic mass is 19.2. The molecule has 1 aromatic rings. The molecule has 0 amide bonds. The number of halogens is 2. The second-order valence-corrected chi connectivity index (χ2v) is 4.44. The molecule has 0 aromatic heterocycles. The number of benzene rings is 1. The summed E-state index contributed by atoms with van der Waals surface area (Å²) >= 11 is 0. The minimum Gasteiger partial charge on any atom is -0.316 e. The Morgan fingerprint density at radius 2 is 2.24 bits per heavy atom. The zero-order valence-electron chi connectivity index (χ0n) is 9.51. The number of rotatable bonds is 3. The summed E-state index contributed by atoms with van der Waals surface area (Å²) in [5.74, 6) is -2.06. The van der Waals surface area contributed by atoms with Crippen molar-refractivity contribution in [3.63, 3.8) is 0 Å². The highest BCUT2D eigenvalue weighted by Crippen LogP contribution is 2.19. The van der Waals surface area contributed by atoms with Crippen molar-refractivity contribution in [3.8, 4) is 0 Å². The van der Waals surface area contributed by atoms with E-state index in [0.29, 0.717) is 0 Å². The first kappa shape index (κ1) is 12.2. The van der Waals surface area contributed by atoms with Crippen molar-refractivity contribution in [2.75, 3.05) is 13.1 Å². The molecular weight excluding hydrogens is 224 g/mol. The maximum atomic E-state index is 13.4. The van der Waals surface area contributed by atoms with E-state index in [1.54, 1.807) is 0 Å². The molecule has 0 aliphatic carbocycles. The van der Waals surface area contributed by atoms with E-state index in [9.17, 15) is 13.6 Å². The molecule has 0 spiro atoms. The van der Waals surface area contributed by atoms with Crippen molar-refractivity contribution in [3.05, 3.63) is 35.4 Å². The van der Waals surface area contributed by atoms with Gasteiger partial charge in [-0.1, -0.05) is 6.07 Å². The van der Waals surface area contributed by atoms with Gasteiger partial charge in [0.2, 0.25) is 0 Å². The van der Waals surface area contributed by atoms with Crippen LogP contribution in [0.25, 0.3) is 0 Å². The van der Waals surface area contributed by atoms with Crippen LogP contribution in [0.15, 0.2) is 18.2 Å². The Morgan fingerprint density at radius 3 is 2.94 bits per heavy atom. The van der Waals surface area contributed by atoms with Crippen molar-refractivity contribution in [1.29, 1.82) is 0 Å².